The summed E-state index contributed by atoms with van der Waals surface area (Å²) < 4.78 is 15.6. The lowest BCUT2D eigenvalue weighted by atomic mass is 9.89. The molecule has 0 bridgehead atoms. The average molecular weight is 468 g/mol. The first kappa shape index (κ1) is 23.5. The van der Waals surface area contributed by atoms with E-state index < -0.39 is 5.97 Å². The number of hydrogen-bond donors (Lipinski definition) is 0. The minimum atomic E-state index is -0.547. The summed E-state index contributed by atoms with van der Waals surface area (Å²) in [7, 11) is 1.27. The van der Waals surface area contributed by atoms with Crippen LogP contribution in [0.1, 0.15) is 44.6 Å². The zero-order valence-corrected chi connectivity index (χ0v) is 19.2. The van der Waals surface area contributed by atoms with E-state index in [0.717, 1.165) is 37.4 Å². The molecule has 7 nitrogen and oxygen atoms in total. The lowest BCUT2D eigenvalue weighted by Crippen LogP contribution is -2.34. The number of carbonyl (C=O) groups excluding carboxylic acids is 3. The number of hydrogen-bond acceptors (Lipinski definition) is 7. The molecule has 1 aliphatic heterocycles. The third kappa shape index (κ3) is 5.95. The van der Waals surface area contributed by atoms with Gasteiger partial charge < -0.3 is 14.2 Å². The van der Waals surface area contributed by atoms with Crippen molar-refractivity contribution in [3.63, 3.8) is 0 Å². The second kappa shape index (κ2) is 10.9. The fourth-order valence-corrected chi connectivity index (χ4v) is 4.82. The fraction of sp³-hybridized carbons (Fsp3) is 0.500. The van der Waals surface area contributed by atoms with Crippen molar-refractivity contribution in [3.8, 4) is 11.5 Å². The second-order valence-corrected chi connectivity index (χ2v) is 8.82. The van der Waals surface area contributed by atoms with Crippen molar-refractivity contribution in [1.82, 2.24) is 4.90 Å². The van der Waals surface area contributed by atoms with E-state index >= 15 is 0 Å². The molecular formula is C22H26ClNO6S. The molecule has 9 heteroatoms. The smallest absolute Gasteiger partial charge is 0.343 e. The van der Waals surface area contributed by atoms with E-state index in [-0.39, 0.29) is 28.5 Å². The van der Waals surface area contributed by atoms with Crippen LogP contribution < -0.4 is 9.47 Å². The molecule has 1 aromatic rings. The van der Waals surface area contributed by atoms with Gasteiger partial charge in [-0.2, -0.15) is 0 Å². The zero-order valence-electron chi connectivity index (χ0n) is 17.6. The molecular weight excluding hydrogens is 442 g/mol. The number of thioether (sulfide) groups is 1. The number of carbonyl (C=O) groups is 3. The van der Waals surface area contributed by atoms with Gasteiger partial charge in [0.05, 0.1) is 23.6 Å². The standard InChI is InChI=1S/C22H26ClNO6S/c1-3-29-17-10-15(9-16(23)20(17)30-13-19(25)28-2)11-18-21(26)24(22(27)31-18)12-14-7-5-4-6-8-14/h9-11,14H,3-8,12-13H2,1-2H3/b18-11+. The van der Waals surface area contributed by atoms with Gasteiger partial charge in [-0.05, 0) is 61.2 Å². The summed E-state index contributed by atoms with van der Waals surface area (Å²) in [6, 6.07) is 3.27. The first-order valence-electron chi connectivity index (χ1n) is 10.3. The minimum Gasteiger partial charge on any atom is -0.490 e. The molecule has 168 valence electrons. The number of imide groups is 1. The molecule has 2 fully saturated rings. The third-order valence-electron chi connectivity index (χ3n) is 5.23. The van der Waals surface area contributed by atoms with Crippen LogP contribution in [0.15, 0.2) is 17.0 Å². The number of methoxy groups -OCH3 is 1. The molecule has 1 saturated heterocycles. The molecule has 0 radical (unpaired) electrons. The first-order valence-corrected chi connectivity index (χ1v) is 11.5. The van der Waals surface area contributed by atoms with Crippen molar-refractivity contribution < 1.29 is 28.6 Å². The number of amides is 2. The molecule has 1 saturated carbocycles. The Morgan fingerprint density at radius 3 is 2.65 bits per heavy atom. The molecule has 2 aliphatic rings. The van der Waals surface area contributed by atoms with Gasteiger partial charge in [-0.25, -0.2) is 4.79 Å². The van der Waals surface area contributed by atoms with Gasteiger partial charge in [0.25, 0.3) is 11.1 Å². The molecule has 3 rings (SSSR count). The Kier molecular flexibility index (Phi) is 8.26. The van der Waals surface area contributed by atoms with Gasteiger partial charge in [0, 0.05) is 6.54 Å². The highest BCUT2D eigenvalue weighted by Crippen LogP contribution is 2.39. The van der Waals surface area contributed by atoms with Crippen LogP contribution in [0.2, 0.25) is 5.02 Å². The van der Waals surface area contributed by atoms with Gasteiger partial charge in [-0.15, -0.1) is 0 Å². The van der Waals surface area contributed by atoms with Crippen molar-refractivity contribution in [2.24, 2.45) is 5.92 Å². The Bertz CT molecular complexity index is 881. The van der Waals surface area contributed by atoms with Crippen LogP contribution in [0.5, 0.6) is 11.5 Å². The van der Waals surface area contributed by atoms with Crippen LogP contribution in [0.4, 0.5) is 4.79 Å². The molecule has 1 aliphatic carbocycles. The Morgan fingerprint density at radius 1 is 1.23 bits per heavy atom. The van der Waals surface area contributed by atoms with Crippen molar-refractivity contribution in [1.29, 1.82) is 0 Å². The van der Waals surface area contributed by atoms with E-state index in [1.54, 1.807) is 25.1 Å². The summed E-state index contributed by atoms with van der Waals surface area (Å²) in [6.45, 7) is 2.33. The van der Waals surface area contributed by atoms with Gasteiger partial charge in [0.1, 0.15) is 0 Å². The maximum absolute atomic E-state index is 12.8. The van der Waals surface area contributed by atoms with Gasteiger partial charge in [-0.3, -0.25) is 14.5 Å². The van der Waals surface area contributed by atoms with E-state index in [4.69, 9.17) is 21.1 Å². The molecule has 0 N–H and O–H groups in total. The van der Waals surface area contributed by atoms with E-state index in [1.165, 1.54) is 18.4 Å². The monoisotopic (exact) mass is 467 g/mol. The lowest BCUT2D eigenvalue weighted by molar-refractivity contribution is -0.142. The van der Waals surface area contributed by atoms with Crippen LogP contribution in [-0.4, -0.2) is 48.9 Å². The molecule has 31 heavy (non-hydrogen) atoms. The Labute approximate surface area is 191 Å². The highest BCUT2D eigenvalue weighted by atomic mass is 35.5. The second-order valence-electron chi connectivity index (χ2n) is 7.42. The molecule has 1 heterocycles. The predicted octanol–water partition coefficient (Wildman–Crippen LogP) is 4.91. The largest absolute Gasteiger partial charge is 0.490 e. The van der Waals surface area contributed by atoms with Gasteiger partial charge in [0.15, 0.2) is 18.1 Å². The van der Waals surface area contributed by atoms with Crippen molar-refractivity contribution >= 4 is 46.6 Å². The number of ether oxygens (including phenoxy) is 3. The molecule has 0 unspecified atom stereocenters. The van der Waals surface area contributed by atoms with Crippen LogP contribution in [0, 0.1) is 5.92 Å². The predicted molar refractivity (Wildman–Crippen MR) is 119 cm³/mol. The third-order valence-corrected chi connectivity index (χ3v) is 6.42. The summed E-state index contributed by atoms with van der Waals surface area (Å²) >= 11 is 7.28. The summed E-state index contributed by atoms with van der Waals surface area (Å²) in [6.07, 6.45) is 7.27. The number of nitrogens with zero attached hydrogens (tertiary/aromatic N) is 1. The van der Waals surface area contributed by atoms with Crippen LogP contribution in [-0.2, 0) is 14.3 Å². The van der Waals surface area contributed by atoms with E-state index in [0.29, 0.717) is 35.3 Å². The number of rotatable bonds is 8. The first-order chi connectivity index (χ1) is 14.9. The Balaban J connectivity index is 1.79. The zero-order chi connectivity index (χ0) is 22.4. The summed E-state index contributed by atoms with van der Waals surface area (Å²) in [5.41, 5.74) is 0.599. The highest BCUT2D eigenvalue weighted by molar-refractivity contribution is 8.18. The normalized spacial score (nSPS) is 18.5. The Hall–Kier alpha value is -2.19. The highest BCUT2D eigenvalue weighted by Gasteiger charge is 2.36. The SMILES string of the molecule is CCOc1cc(/C=C2/SC(=O)N(CC3CCCCC3)C2=O)cc(Cl)c1OCC(=O)OC. The van der Waals surface area contributed by atoms with Gasteiger partial charge in [0.2, 0.25) is 0 Å². The van der Waals surface area contributed by atoms with Crippen molar-refractivity contribution in [3.05, 3.63) is 27.6 Å². The van der Waals surface area contributed by atoms with Crippen molar-refractivity contribution in [2.45, 2.75) is 39.0 Å². The van der Waals surface area contributed by atoms with Gasteiger partial charge in [-0.1, -0.05) is 30.9 Å². The summed E-state index contributed by atoms with van der Waals surface area (Å²) in [5, 5.41) is -0.0153. The van der Waals surface area contributed by atoms with E-state index in [1.807, 2.05) is 0 Å². The van der Waals surface area contributed by atoms with E-state index in [9.17, 15) is 14.4 Å². The number of halogens is 1. The van der Waals surface area contributed by atoms with Crippen LogP contribution in [0.3, 0.4) is 0 Å². The lowest BCUT2D eigenvalue weighted by Gasteiger charge is -2.25. The molecule has 0 aromatic heterocycles. The van der Waals surface area contributed by atoms with E-state index in [2.05, 4.69) is 4.74 Å². The van der Waals surface area contributed by atoms with Crippen molar-refractivity contribution in [2.75, 3.05) is 26.9 Å². The Morgan fingerprint density at radius 2 is 1.97 bits per heavy atom. The van der Waals surface area contributed by atoms with Crippen LogP contribution in [0.25, 0.3) is 6.08 Å². The van der Waals surface area contributed by atoms with Crippen LogP contribution >= 0.6 is 23.4 Å². The molecule has 0 spiro atoms. The maximum atomic E-state index is 12.8. The molecule has 1 aromatic carbocycles. The maximum Gasteiger partial charge on any atom is 0.343 e. The fourth-order valence-electron chi connectivity index (χ4n) is 3.70. The number of esters is 1. The summed E-state index contributed by atoms with van der Waals surface area (Å²) in [5.74, 6) is 0.116. The minimum absolute atomic E-state index is 0.219. The summed E-state index contributed by atoms with van der Waals surface area (Å²) in [4.78, 5) is 38.4. The van der Waals surface area contributed by atoms with Gasteiger partial charge >= 0.3 is 5.97 Å². The molecule has 0 atom stereocenters. The quantitative estimate of drug-likeness (QED) is 0.397. The average Bonchev–Trinajstić information content (AvgIpc) is 3.01. The molecule has 2 amide bonds. The number of benzene rings is 1. The topological polar surface area (TPSA) is 82.1 Å².